The van der Waals surface area contributed by atoms with E-state index in [1.807, 2.05) is 39.2 Å². The van der Waals surface area contributed by atoms with Crippen LogP contribution in [0.4, 0.5) is 11.9 Å². The summed E-state index contributed by atoms with van der Waals surface area (Å²) in [4.78, 5) is 14.1. The van der Waals surface area contributed by atoms with Crippen molar-refractivity contribution in [3.8, 4) is 11.8 Å². The first-order valence-electron chi connectivity index (χ1n) is 5.83. The molecule has 0 bridgehead atoms. The van der Waals surface area contributed by atoms with Crippen LogP contribution < -0.4 is 20.9 Å². The van der Waals surface area contributed by atoms with Crippen LogP contribution in [0.1, 0.15) is 5.56 Å². The Morgan fingerprint density at radius 1 is 1.25 bits per heavy atom. The topological polar surface area (TPSA) is 89.2 Å². The van der Waals surface area contributed by atoms with Crippen molar-refractivity contribution in [2.24, 2.45) is 5.84 Å². The number of nitrogens with one attached hydrogen (secondary N) is 1. The number of ether oxygens (including phenoxy) is 1. The second-order valence-corrected chi connectivity index (χ2v) is 5.15. The number of aromatic nitrogens is 3. The van der Waals surface area contributed by atoms with E-state index >= 15 is 0 Å². The number of hydrogen-bond acceptors (Lipinski definition) is 7. The molecular weight excluding hydrogens is 324 g/mol. The summed E-state index contributed by atoms with van der Waals surface area (Å²) in [5.74, 6) is 6.68. The number of aryl methyl sites for hydroxylation is 1. The molecule has 0 spiro atoms. The zero-order valence-electron chi connectivity index (χ0n) is 11.4. The van der Waals surface area contributed by atoms with E-state index in [2.05, 4.69) is 36.3 Å². The quantitative estimate of drug-likeness (QED) is 0.651. The van der Waals surface area contributed by atoms with Gasteiger partial charge in [0.15, 0.2) is 0 Å². The van der Waals surface area contributed by atoms with Crippen LogP contribution in [-0.4, -0.2) is 29.0 Å². The smallest absolute Gasteiger partial charge is 0.328 e. The van der Waals surface area contributed by atoms with Crippen molar-refractivity contribution in [2.45, 2.75) is 6.92 Å². The van der Waals surface area contributed by atoms with Crippen LogP contribution in [0.5, 0.6) is 11.8 Å². The van der Waals surface area contributed by atoms with E-state index in [4.69, 9.17) is 10.6 Å². The molecule has 2 aromatic rings. The Morgan fingerprint density at radius 2 is 2.00 bits per heavy atom. The summed E-state index contributed by atoms with van der Waals surface area (Å²) in [5, 5.41) is 0. The molecule has 20 heavy (non-hydrogen) atoms. The molecule has 0 aliphatic heterocycles. The standard InChI is InChI=1S/C12H15BrN6O/c1-7-6-8(4-5-9(7)13)20-12-16-10(18-14)15-11(17-12)19(2)3/h4-6H,14H2,1-3H3,(H,15,16,17,18). The number of nitrogens with zero attached hydrogens (tertiary/aromatic N) is 4. The van der Waals surface area contributed by atoms with Crippen LogP contribution in [-0.2, 0) is 0 Å². The van der Waals surface area contributed by atoms with Gasteiger partial charge in [0, 0.05) is 18.6 Å². The predicted molar refractivity (Wildman–Crippen MR) is 80.9 cm³/mol. The first-order chi connectivity index (χ1) is 9.49. The monoisotopic (exact) mass is 338 g/mol. The van der Waals surface area contributed by atoms with Crippen LogP contribution in [0.15, 0.2) is 22.7 Å². The van der Waals surface area contributed by atoms with Crippen LogP contribution >= 0.6 is 15.9 Å². The van der Waals surface area contributed by atoms with Gasteiger partial charge in [0.2, 0.25) is 11.9 Å². The van der Waals surface area contributed by atoms with E-state index in [9.17, 15) is 0 Å². The fourth-order valence-corrected chi connectivity index (χ4v) is 1.69. The number of rotatable bonds is 4. The van der Waals surface area contributed by atoms with Crippen molar-refractivity contribution in [1.82, 2.24) is 15.0 Å². The van der Waals surface area contributed by atoms with E-state index in [0.717, 1.165) is 10.0 Å². The number of halogens is 1. The summed E-state index contributed by atoms with van der Waals surface area (Å²) in [6.45, 7) is 1.97. The molecule has 106 valence electrons. The largest absolute Gasteiger partial charge is 0.424 e. The van der Waals surface area contributed by atoms with Gasteiger partial charge in [-0.2, -0.15) is 15.0 Å². The summed E-state index contributed by atoms with van der Waals surface area (Å²) < 4.78 is 6.65. The minimum absolute atomic E-state index is 0.179. The number of benzene rings is 1. The molecule has 0 amide bonds. The number of hydrogen-bond donors (Lipinski definition) is 2. The van der Waals surface area contributed by atoms with E-state index in [1.54, 1.807) is 4.90 Å². The number of nitrogens with two attached hydrogens (primary N) is 1. The normalized spacial score (nSPS) is 10.2. The van der Waals surface area contributed by atoms with Gasteiger partial charge in [0.25, 0.3) is 0 Å². The highest BCUT2D eigenvalue weighted by atomic mass is 79.9. The van der Waals surface area contributed by atoms with Crippen LogP contribution in [0, 0.1) is 6.92 Å². The first-order valence-corrected chi connectivity index (χ1v) is 6.63. The Labute approximate surface area is 125 Å². The van der Waals surface area contributed by atoms with Gasteiger partial charge in [-0.3, -0.25) is 5.43 Å². The first kappa shape index (κ1) is 14.5. The Kier molecular flexibility index (Phi) is 4.35. The molecule has 1 aromatic carbocycles. The molecule has 2 rings (SSSR count). The third-order valence-electron chi connectivity index (χ3n) is 2.47. The van der Waals surface area contributed by atoms with E-state index < -0.39 is 0 Å². The highest BCUT2D eigenvalue weighted by molar-refractivity contribution is 9.10. The Morgan fingerprint density at radius 3 is 2.60 bits per heavy atom. The summed E-state index contributed by atoms with van der Waals surface area (Å²) in [6.07, 6.45) is 0. The van der Waals surface area contributed by atoms with Gasteiger partial charge in [-0.15, -0.1) is 0 Å². The lowest BCUT2D eigenvalue weighted by molar-refractivity contribution is 0.440. The van der Waals surface area contributed by atoms with Crippen molar-refractivity contribution in [1.29, 1.82) is 0 Å². The molecule has 3 N–H and O–H groups in total. The lowest BCUT2D eigenvalue weighted by Gasteiger charge is -2.12. The molecular formula is C12H15BrN6O. The zero-order chi connectivity index (χ0) is 14.7. The number of nitrogen functional groups attached to an aromatic ring is 1. The third kappa shape index (κ3) is 3.34. The molecule has 0 saturated heterocycles. The lowest BCUT2D eigenvalue weighted by Crippen LogP contribution is -2.17. The molecule has 0 radical (unpaired) electrons. The van der Waals surface area contributed by atoms with Crippen molar-refractivity contribution < 1.29 is 4.74 Å². The van der Waals surface area contributed by atoms with Gasteiger partial charge in [-0.1, -0.05) is 15.9 Å². The molecule has 0 atom stereocenters. The maximum Gasteiger partial charge on any atom is 0.328 e. The van der Waals surface area contributed by atoms with E-state index in [-0.39, 0.29) is 12.0 Å². The Hall–Kier alpha value is -1.93. The number of anilines is 2. The summed E-state index contributed by atoms with van der Waals surface area (Å²) in [6, 6.07) is 5.80. The van der Waals surface area contributed by atoms with Crippen molar-refractivity contribution in [3.63, 3.8) is 0 Å². The third-order valence-corrected chi connectivity index (χ3v) is 3.36. The van der Waals surface area contributed by atoms with E-state index in [0.29, 0.717) is 11.7 Å². The molecule has 7 nitrogen and oxygen atoms in total. The SMILES string of the molecule is Cc1cc(Oc2nc(NN)nc(N(C)C)n2)ccc1Br. The molecule has 1 aromatic heterocycles. The molecule has 8 heteroatoms. The van der Waals surface area contributed by atoms with Crippen molar-refractivity contribution >= 4 is 27.8 Å². The van der Waals surface area contributed by atoms with Gasteiger partial charge in [-0.25, -0.2) is 5.84 Å². The maximum atomic E-state index is 5.64. The second kappa shape index (κ2) is 6.02. The van der Waals surface area contributed by atoms with Gasteiger partial charge in [0.1, 0.15) is 5.75 Å². The molecule has 0 unspecified atom stereocenters. The average Bonchev–Trinajstić information content (AvgIpc) is 2.42. The highest BCUT2D eigenvalue weighted by Crippen LogP contribution is 2.25. The molecule has 0 aliphatic carbocycles. The van der Waals surface area contributed by atoms with Crippen molar-refractivity contribution in [3.05, 3.63) is 28.2 Å². The maximum absolute atomic E-state index is 5.64. The fraction of sp³-hybridized carbons (Fsp3) is 0.250. The van der Waals surface area contributed by atoms with E-state index in [1.165, 1.54) is 0 Å². The van der Waals surface area contributed by atoms with Crippen LogP contribution in [0.25, 0.3) is 0 Å². The molecule has 0 fully saturated rings. The second-order valence-electron chi connectivity index (χ2n) is 4.29. The van der Waals surface area contributed by atoms with Gasteiger partial charge >= 0.3 is 6.01 Å². The Balaban J connectivity index is 2.32. The minimum Gasteiger partial charge on any atom is -0.424 e. The summed E-state index contributed by atoms with van der Waals surface area (Å²) in [5.41, 5.74) is 3.45. The summed E-state index contributed by atoms with van der Waals surface area (Å²) >= 11 is 3.44. The molecule has 1 heterocycles. The zero-order valence-corrected chi connectivity index (χ0v) is 13.0. The average molecular weight is 339 g/mol. The lowest BCUT2D eigenvalue weighted by atomic mass is 10.2. The fourth-order valence-electron chi connectivity index (χ4n) is 1.44. The molecule has 0 aliphatic rings. The van der Waals surface area contributed by atoms with Gasteiger partial charge < -0.3 is 9.64 Å². The van der Waals surface area contributed by atoms with Crippen LogP contribution in [0.3, 0.4) is 0 Å². The van der Waals surface area contributed by atoms with Crippen LogP contribution in [0.2, 0.25) is 0 Å². The van der Waals surface area contributed by atoms with Crippen molar-refractivity contribution in [2.75, 3.05) is 24.4 Å². The molecule has 0 saturated carbocycles. The predicted octanol–water partition coefficient (Wildman–Crippen LogP) is 2.09. The van der Waals surface area contributed by atoms with Gasteiger partial charge in [-0.05, 0) is 30.7 Å². The summed E-state index contributed by atoms with van der Waals surface area (Å²) in [7, 11) is 3.65. The Bertz CT molecular complexity index is 619. The number of hydrazine groups is 1. The van der Waals surface area contributed by atoms with Gasteiger partial charge in [0.05, 0.1) is 0 Å². The minimum atomic E-state index is 0.179. The highest BCUT2D eigenvalue weighted by Gasteiger charge is 2.09.